The number of carbonyl (C=O) groups is 4. The van der Waals surface area contributed by atoms with Crippen LogP contribution in [-0.4, -0.2) is 82.3 Å². The topological polar surface area (TPSA) is 126 Å². The molecule has 264 valence electrons. The third kappa shape index (κ3) is 6.98. The normalized spacial score (nSPS) is 23.8. The van der Waals surface area contributed by atoms with Crippen LogP contribution in [0, 0.1) is 22.7 Å². The Labute approximate surface area is 293 Å². The number of nitrogens with zero attached hydrogens (tertiary/aromatic N) is 3. The molecule has 10 nitrogen and oxygen atoms in total. The fourth-order valence-corrected chi connectivity index (χ4v) is 7.60. The molecule has 3 fully saturated rings. The van der Waals surface area contributed by atoms with Crippen LogP contribution >= 0.6 is 0 Å². The number of ketones is 1. The van der Waals surface area contributed by atoms with Crippen molar-refractivity contribution in [3.05, 3.63) is 67.3 Å². The third-order valence-corrected chi connectivity index (χ3v) is 10.8. The van der Waals surface area contributed by atoms with Crippen molar-refractivity contribution in [1.82, 2.24) is 14.8 Å². The predicted octanol–water partition coefficient (Wildman–Crippen LogP) is 6.17. The highest BCUT2D eigenvalue weighted by Crippen LogP contribution is 2.56. The number of hydrogen-bond donors (Lipinski definition) is 1. The van der Waals surface area contributed by atoms with Gasteiger partial charge in [0.1, 0.15) is 17.6 Å². The Morgan fingerprint density at radius 2 is 1.80 bits per heavy atom. The number of carboxylic acids is 1. The lowest BCUT2D eigenvalue weighted by atomic mass is 9.77. The molecule has 1 saturated carbocycles. The fourth-order valence-electron chi connectivity index (χ4n) is 7.60. The molecule has 0 bridgehead atoms. The van der Waals surface area contributed by atoms with Crippen molar-refractivity contribution in [2.24, 2.45) is 22.7 Å². The molecule has 2 amide bonds. The fraction of sp³-hybridized carbons (Fsp3) is 0.475. The molecule has 1 aromatic heterocycles. The molecular formula is C40H47N3O7. The number of rotatable bonds is 12. The van der Waals surface area contributed by atoms with E-state index < -0.39 is 34.9 Å². The maximum atomic E-state index is 14.6. The van der Waals surface area contributed by atoms with Crippen molar-refractivity contribution in [2.45, 2.75) is 71.4 Å². The Kier molecular flexibility index (Phi) is 9.75. The zero-order valence-corrected chi connectivity index (χ0v) is 29.4. The van der Waals surface area contributed by atoms with Gasteiger partial charge in [-0.2, -0.15) is 0 Å². The molecular weight excluding hydrogens is 634 g/mol. The first kappa shape index (κ1) is 35.1. The number of Topliss-reactive ketones (excluding diaryl/α,β-unsaturated/α-hetero) is 1. The van der Waals surface area contributed by atoms with Crippen molar-refractivity contribution in [2.75, 3.05) is 26.7 Å². The summed E-state index contributed by atoms with van der Waals surface area (Å²) in [5, 5.41) is 10.9. The Hall–Kier alpha value is -4.73. The molecule has 3 aromatic rings. The summed E-state index contributed by atoms with van der Waals surface area (Å²) in [7, 11) is 1.60. The van der Waals surface area contributed by atoms with Crippen LogP contribution in [-0.2, 0) is 19.2 Å². The molecule has 0 spiro atoms. The number of amides is 2. The number of ether oxygens (including phenoxy) is 2. The maximum Gasteiger partial charge on any atom is 0.310 e. The van der Waals surface area contributed by atoms with E-state index in [1.807, 2.05) is 80.3 Å². The molecule has 6 rings (SSSR count). The number of carboxylic acid groups (broad SMARTS) is 1. The van der Waals surface area contributed by atoms with E-state index in [0.717, 1.165) is 23.8 Å². The molecule has 50 heavy (non-hydrogen) atoms. The number of fused-ring (bicyclic) bond motifs is 1. The summed E-state index contributed by atoms with van der Waals surface area (Å²) < 4.78 is 12.2. The van der Waals surface area contributed by atoms with Crippen LogP contribution in [0.5, 0.6) is 11.5 Å². The van der Waals surface area contributed by atoms with Gasteiger partial charge in [0, 0.05) is 55.4 Å². The number of hydrogen-bond acceptors (Lipinski definition) is 7. The van der Waals surface area contributed by atoms with Crippen LogP contribution in [0.3, 0.4) is 0 Å². The quantitative estimate of drug-likeness (QED) is 0.225. The van der Waals surface area contributed by atoms with E-state index in [1.54, 1.807) is 18.1 Å². The summed E-state index contributed by atoms with van der Waals surface area (Å²) in [4.78, 5) is 62.8. The number of allylic oxidation sites excluding steroid dienone is 1. The molecule has 0 radical (unpaired) electrons. The number of carbonyl (C=O) groups excluding carboxylic acids is 3. The van der Waals surface area contributed by atoms with E-state index in [4.69, 9.17) is 14.5 Å². The van der Waals surface area contributed by atoms with E-state index in [2.05, 4.69) is 6.58 Å². The molecule has 2 aromatic carbocycles. The number of benzene rings is 2. The summed E-state index contributed by atoms with van der Waals surface area (Å²) >= 11 is 0. The molecule has 2 unspecified atom stereocenters. The van der Waals surface area contributed by atoms with Gasteiger partial charge in [0.2, 0.25) is 11.8 Å². The summed E-state index contributed by atoms with van der Waals surface area (Å²) in [6.45, 7) is 11.1. The summed E-state index contributed by atoms with van der Waals surface area (Å²) in [6, 6.07) is 16.3. The molecule has 5 atom stereocenters. The average molecular weight is 682 g/mol. The highest BCUT2D eigenvalue weighted by Gasteiger charge is 2.61. The van der Waals surface area contributed by atoms with Crippen LogP contribution in [0.1, 0.15) is 59.3 Å². The van der Waals surface area contributed by atoms with Gasteiger partial charge in [-0.05, 0) is 42.7 Å². The van der Waals surface area contributed by atoms with Crippen molar-refractivity contribution in [1.29, 1.82) is 0 Å². The lowest BCUT2D eigenvalue weighted by molar-refractivity contribution is -0.149. The lowest BCUT2D eigenvalue weighted by Gasteiger charge is -2.35. The lowest BCUT2D eigenvalue weighted by Crippen LogP contribution is -2.48. The first-order valence-electron chi connectivity index (χ1n) is 17.5. The second kappa shape index (κ2) is 13.9. The summed E-state index contributed by atoms with van der Waals surface area (Å²) in [6.07, 6.45) is 3.27. The van der Waals surface area contributed by atoms with Crippen molar-refractivity contribution >= 4 is 34.5 Å². The number of aliphatic carboxylic acids is 1. The number of pyridine rings is 1. The highest BCUT2D eigenvalue weighted by atomic mass is 16.5. The van der Waals surface area contributed by atoms with Crippen LogP contribution in [0.2, 0.25) is 0 Å². The van der Waals surface area contributed by atoms with E-state index in [0.29, 0.717) is 42.2 Å². The third-order valence-electron chi connectivity index (χ3n) is 10.8. The van der Waals surface area contributed by atoms with E-state index in [-0.39, 0.29) is 49.3 Å². The molecule has 2 aliphatic heterocycles. The van der Waals surface area contributed by atoms with Gasteiger partial charge in [-0.1, -0.05) is 57.2 Å². The number of likely N-dealkylation sites (tertiary alicyclic amines) is 2. The van der Waals surface area contributed by atoms with Gasteiger partial charge in [0.25, 0.3) is 0 Å². The first-order valence-corrected chi connectivity index (χ1v) is 17.5. The predicted molar refractivity (Wildman–Crippen MR) is 190 cm³/mol. The molecule has 3 aliphatic rings. The van der Waals surface area contributed by atoms with E-state index >= 15 is 0 Å². The second-order valence-electron chi connectivity index (χ2n) is 15.1. The standard InChI is InChI=1S/C40H47N3O7/c1-6-26-22-40(26,38(47)48)23-34(44)33-19-28(24-43(33)37(46)30(39(2,3)4)20-36(45)42-16-10-11-17-42)50-35-21-31(25-12-8-7-9-13-25)41-32-18-27(49-5)14-15-29(32)35/h6-9,12-15,18,21,26,28,30,33H,1,10-11,16-17,19-20,22-24H2,2-5H3,(H,47,48)/t26?,28-,30-,33+,40?/m1/s1. The van der Waals surface area contributed by atoms with Crippen molar-refractivity contribution < 1.29 is 33.8 Å². The molecule has 3 heterocycles. The maximum absolute atomic E-state index is 14.6. The SMILES string of the molecule is C=CC1CC1(CC(=O)[C@@H]1C[C@@H](Oc2cc(-c3ccccc3)nc3cc(OC)ccc23)CN1C(=O)[C@@H](CC(=O)N1CCCC1)C(C)(C)C)C(=O)O. The summed E-state index contributed by atoms with van der Waals surface area (Å²) in [5.74, 6) is -1.49. The minimum atomic E-state index is -1.22. The Morgan fingerprint density at radius 1 is 1.08 bits per heavy atom. The van der Waals surface area contributed by atoms with Gasteiger partial charge in [0.05, 0.1) is 42.2 Å². The minimum absolute atomic E-state index is 0.0418. The minimum Gasteiger partial charge on any atom is -0.497 e. The van der Waals surface area contributed by atoms with Crippen LogP contribution in [0.25, 0.3) is 22.2 Å². The van der Waals surface area contributed by atoms with Gasteiger partial charge in [-0.15, -0.1) is 6.58 Å². The van der Waals surface area contributed by atoms with Crippen LogP contribution in [0.4, 0.5) is 0 Å². The molecule has 1 aliphatic carbocycles. The molecule has 10 heteroatoms. The number of aromatic nitrogens is 1. The van der Waals surface area contributed by atoms with Gasteiger partial charge in [0.15, 0.2) is 5.78 Å². The first-order chi connectivity index (χ1) is 23.8. The molecule has 2 saturated heterocycles. The van der Waals surface area contributed by atoms with Gasteiger partial charge in [-0.3, -0.25) is 19.2 Å². The van der Waals surface area contributed by atoms with Crippen molar-refractivity contribution in [3.63, 3.8) is 0 Å². The number of methoxy groups -OCH3 is 1. The van der Waals surface area contributed by atoms with Gasteiger partial charge >= 0.3 is 5.97 Å². The Morgan fingerprint density at radius 3 is 2.42 bits per heavy atom. The van der Waals surface area contributed by atoms with Gasteiger partial charge < -0.3 is 24.4 Å². The zero-order chi connectivity index (χ0) is 35.8. The zero-order valence-electron chi connectivity index (χ0n) is 29.4. The average Bonchev–Trinajstić information content (AvgIpc) is 3.39. The largest absolute Gasteiger partial charge is 0.497 e. The monoisotopic (exact) mass is 681 g/mol. The van der Waals surface area contributed by atoms with Crippen LogP contribution < -0.4 is 9.47 Å². The van der Waals surface area contributed by atoms with Crippen molar-refractivity contribution in [3.8, 4) is 22.8 Å². The van der Waals surface area contributed by atoms with E-state index in [1.165, 1.54) is 0 Å². The smallest absolute Gasteiger partial charge is 0.310 e. The highest BCUT2D eigenvalue weighted by molar-refractivity contribution is 5.96. The Balaban J connectivity index is 1.34. The van der Waals surface area contributed by atoms with E-state index in [9.17, 15) is 24.3 Å². The Bertz CT molecular complexity index is 1800. The molecule has 1 N–H and O–H groups in total. The van der Waals surface area contributed by atoms with Gasteiger partial charge in [-0.25, -0.2) is 4.98 Å². The van der Waals surface area contributed by atoms with Crippen LogP contribution in [0.15, 0.2) is 67.3 Å². The second-order valence-corrected chi connectivity index (χ2v) is 15.1. The summed E-state index contributed by atoms with van der Waals surface area (Å²) in [5.41, 5.74) is 0.471.